The van der Waals surface area contributed by atoms with Gasteiger partial charge in [-0.2, -0.15) is 4.72 Å². The highest BCUT2D eigenvalue weighted by Gasteiger charge is 2.25. The van der Waals surface area contributed by atoms with Gasteiger partial charge in [-0.1, -0.05) is 0 Å². The summed E-state index contributed by atoms with van der Waals surface area (Å²) >= 11 is 0. The molecule has 1 aromatic carbocycles. The zero-order chi connectivity index (χ0) is 19.2. The van der Waals surface area contributed by atoms with Crippen LogP contribution in [-0.4, -0.2) is 65.8 Å². The van der Waals surface area contributed by atoms with Crippen molar-refractivity contribution in [2.24, 2.45) is 0 Å². The van der Waals surface area contributed by atoms with Gasteiger partial charge in [-0.15, -0.1) is 0 Å². The van der Waals surface area contributed by atoms with E-state index < -0.39 is 16.1 Å². The molecule has 0 radical (unpaired) electrons. The van der Waals surface area contributed by atoms with Gasteiger partial charge in [0, 0.05) is 39.8 Å². The molecule has 1 aliphatic heterocycles. The zero-order valence-corrected chi connectivity index (χ0v) is 16.2. The molecular weight excluding hydrogens is 360 g/mol. The van der Waals surface area contributed by atoms with E-state index in [0.29, 0.717) is 44.3 Å². The van der Waals surface area contributed by atoms with Crippen LogP contribution in [0.2, 0.25) is 0 Å². The first kappa shape index (κ1) is 20.5. The van der Waals surface area contributed by atoms with Gasteiger partial charge in [-0.05, 0) is 25.5 Å². The van der Waals surface area contributed by atoms with Gasteiger partial charge < -0.3 is 19.1 Å². The first-order chi connectivity index (χ1) is 12.3. The van der Waals surface area contributed by atoms with Crippen molar-refractivity contribution in [3.8, 4) is 11.5 Å². The fourth-order valence-electron chi connectivity index (χ4n) is 2.55. The Labute approximate surface area is 154 Å². The van der Waals surface area contributed by atoms with Gasteiger partial charge >= 0.3 is 0 Å². The van der Waals surface area contributed by atoms with Crippen molar-refractivity contribution in [2.75, 3.05) is 40.5 Å². The highest BCUT2D eigenvalue weighted by Crippen LogP contribution is 2.31. The molecule has 0 bridgehead atoms. The van der Waals surface area contributed by atoms with Crippen LogP contribution in [-0.2, 0) is 19.6 Å². The predicted molar refractivity (Wildman–Crippen MR) is 96.0 cm³/mol. The first-order valence-electron chi connectivity index (χ1n) is 8.51. The second-order valence-corrected chi connectivity index (χ2v) is 7.82. The van der Waals surface area contributed by atoms with Crippen LogP contribution in [0.5, 0.6) is 11.5 Å². The van der Waals surface area contributed by atoms with Crippen LogP contribution >= 0.6 is 0 Å². The fraction of sp³-hybridized carbons (Fsp3) is 0.588. The quantitative estimate of drug-likeness (QED) is 0.670. The predicted octanol–water partition coefficient (Wildman–Crippen LogP) is 1.01. The molecule has 0 spiro atoms. The van der Waals surface area contributed by atoms with Crippen molar-refractivity contribution in [3.63, 3.8) is 0 Å². The van der Waals surface area contributed by atoms with Crippen LogP contribution in [0.15, 0.2) is 23.1 Å². The zero-order valence-electron chi connectivity index (χ0n) is 15.4. The van der Waals surface area contributed by atoms with E-state index in [1.807, 2.05) is 0 Å². The number of benzene rings is 1. The topological polar surface area (TPSA) is 94.2 Å². The number of hydrogen-bond acceptors (Lipinski definition) is 6. The molecule has 9 heteroatoms. The number of hydrogen-bond donors (Lipinski definition) is 1. The number of likely N-dealkylation sites (N-methyl/N-ethyl adjacent to an activating group) is 1. The maximum absolute atomic E-state index is 12.6. The van der Waals surface area contributed by atoms with Gasteiger partial charge in [0.25, 0.3) is 0 Å². The molecule has 0 fully saturated rings. The Balaban J connectivity index is 2.05. The minimum atomic E-state index is -3.87. The van der Waals surface area contributed by atoms with Crippen LogP contribution in [0.1, 0.15) is 19.8 Å². The molecule has 1 heterocycles. The summed E-state index contributed by atoms with van der Waals surface area (Å²) in [6.45, 7) is 3.54. The van der Waals surface area contributed by atoms with Crippen molar-refractivity contribution in [2.45, 2.75) is 30.7 Å². The van der Waals surface area contributed by atoms with E-state index in [0.717, 1.165) is 6.42 Å². The van der Waals surface area contributed by atoms with Gasteiger partial charge in [0.05, 0.1) is 24.2 Å². The van der Waals surface area contributed by atoms with Crippen LogP contribution in [0.3, 0.4) is 0 Å². The monoisotopic (exact) mass is 386 g/mol. The summed E-state index contributed by atoms with van der Waals surface area (Å²) < 4.78 is 43.6. The number of carbonyl (C=O) groups is 1. The standard InChI is InChI=1S/C17H26N2O6S/c1-13(17(20)19(2)8-4-9-23-3)18-26(21,22)14-6-7-15-16(12-14)25-11-5-10-24-15/h6-7,12-13,18H,4-5,8-11H2,1-3H3/t13-/m0/s1. The molecule has 0 aromatic heterocycles. The molecule has 146 valence electrons. The number of nitrogens with zero attached hydrogens (tertiary/aromatic N) is 1. The molecule has 0 unspecified atom stereocenters. The van der Waals surface area contributed by atoms with E-state index in [2.05, 4.69) is 4.72 Å². The number of nitrogens with one attached hydrogen (secondary N) is 1. The van der Waals surface area contributed by atoms with Gasteiger partial charge in [0.15, 0.2) is 11.5 Å². The highest BCUT2D eigenvalue weighted by atomic mass is 32.2. The normalized spacial score (nSPS) is 15.2. The van der Waals surface area contributed by atoms with E-state index >= 15 is 0 Å². The Hall–Kier alpha value is -1.84. The molecular formula is C17H26N2O6S. The second-order valence-electron chi connectivity index (χ2n) is 6.11. The van der Waals surface area contributed by atoms with Crippen LogP contribution in [0, 0.1) is 0 Å². The van der Waals surface area contributed by atoms with E-state index in [1.54, 1.807) is 20.2 Å². The summed E-state index contributed by atoms with van der Waals surface area (Å²) in [4.78, 5) is 13.9. The molecule has 1 atom stereocenters. The minimum absolute atomic E-state index is 0.0310. The smallest absolute Gasteiger partial charge is 0.241 e. The summed E-state index contributed by atoms with van der Waals surface area (Å²) in [7, 11) is -0.640. The van der Waals surface area contributed by atoms with Crippen LogP contribution in [0.4, 0.5) is 0 Å². The highest BCUT2D eigenvalue weighted by molar-refractivity contribution is 7.89. The average Bonchev–Trinajstić information content (AvgIpc) is 2.85. The third-order valence-electron chi connectivity index (χ3n) is 3.95. The lowest BCUT2D eigenvalue weighted by atomic mass is 10.3. The number of methoxy groups -OCH3 is 1. The van der Waals surface area contributed by atoms with Crippen LogP contribution in [0.25, 0.3) is 0 Å². The number of rotatable bonds is 8. The summed E-state index contributed by atoms with van der Waals surface area (Å²) in [5.74, 6) is 0.600. The second kappa shape index (κ2) is 9.20. The average molecular weight is 386 g/mol. The van der Waals surface area contributed by atoms with E-state index in [1.165, 1.54) is 24.0 Å². The molecule has 1 N–H and O–H groups in total. The Morgan fingerprint density at radius 1 is 1.31 bits per heavy atom. The van der Waals surface area contributed by atoms with Crippen LogP contribution < -0.4 is 14.2 Å². The molecule has 1 amide bonds. The van der Waals surface area contributed by atoms with Crippen molar-refractivity contribution in [1.29, 1.82) is 0 Å². The lowest BCUT2D eigenvalue weighted by Crippen LogP contribution is -2.45. The Morgan fingerprint density at radius 2 is 2.00 bits per heavy atom. The van der Waals surface area contributed by atoms with Crippen molar-refractivity contribution in [1.82, 2.24) is 9.62 Å². The summed E-state index contributed by atoms with van der Waals surface area (Å²) in [5.41, 5.74) is 0. The molecule has 1 aliphatic rings. The fourth-order valence-corrected chi connectivity index (χ4v) is 3.76. The number of fused-ring (bicyclic) bond motifs is 1. The number of amides is 1. The third-order valence-corrected chi connectivity index (χ3v) is 5.49. The van der Waals surface area contributed by atoms with Gasteiger partial charge in [-0.3, -0.25) is 4.79 Å². The molecule has 0 aliphatic carbocycles. The molecule has 8 nitrogen and oxygen atoms in total. The summed E-state index contributed by atoms with van der Waals surface area (Å²) in [5, 5.41) is 0. The molecule has 0 saturated heterocycles. The third kappa shape index (κ3) is 5.33. The van der Waals surface area contributed by atoms with E-state index in [4.69, 9.17) is 14.2 Å². The maximum Gasteiger partial charge on any atom is 0.241 e. The number of sulfonamides is 1. The number of carbonyl (C=O) groups excluding carboxylic acids is 1. The van der Waals surface area contributed by atoms with Gasteiger partial charge in [0.2, 0.25) is 15.9 Å². The molecule has 26 heavy (non-hydrogen) atoms. The Morgan fingerprint density at radius 3 is 2.69 bits per heavy atom. The van der Waals surface area contributed by atoms with Gasteiger partial charge in [-0.25, -0.2) is 8.42 Å². The first-order valence-corrected chi connectivity index (χ1v) is 9.99. The molecule has 0 saturated carbocycles. The summed E-state index contributed by atoms with van der Waals surface area (Å²) in [6.07, 6.45) is 1.41. The minimum Gasteiger partial charge on any atom is -0.490 e. The van der Waals surface area contributed by atoms with Gasteiger partial charge in [0.1, 0.15) is 0 Å². The maximum atomic E-state index is 12.6. The van der Waals surface area contributed by atoms with Crippen molar-refractivity contribution in [3.05, 3.63) is 18.2 Å². The molecule has 1 aromatic rings. The number of ether oxygens (including phenoxy) is 3. The SMILES string of the molecule is COCCCN(C)C(=O)[C@H](C)NS(=O)(=O)c1ccc2c(c1)OCCCO2. The Kier molecular flexibility index (Phi) is 7.24. The van der Waals surface area contributed by atoms with E-state index in [-0.39, 0.29) is 10.8 Å². The van der Waals surface area contributed by atoms with E-state index in [9.17, 15) is 13.2 Å². The Bertz CT molecular complexity index is 722. The lowest BCUT2D eigenvalue weighted by Gasteiger charge is -2.22. The molecule has 2 rings (SSSR count). The largest absolute Gasteiger partial charge is 0.490 e. The van der Waals surface area contributed by atoms with Crippen molar-refractivity contribution < 1.29 is 27.4 Å². The lowest BCUT2D eigenvalue weighted by molar-refractivity contribution is -0.131. The van der Waals surface area contributed by atoms with Crippen molar-refractivity contribution >= 4 is 15.9 Å². The summed E-state index contributed by atoms with van der Waals surface area (Å²) in [6, 6.07) is 3.54.